The molecule has 0 unspecified atom stereocenters. The van der Waals surface area contributed by atoms with Gasteiger partial charge in [-0.15, -0.1) is 0 Å². The molecule has 168 valence electrons. The number of ether oxygens (including phenoxy) is 1. The molecule has 3 aromatic carbocycles. The largest absolute Gasteiger partial charge is 0.496 e. The van der Waals surface area contributed by atoms with Crippen molar-refractivity contribution < 1.29 is 14.3 Å². The lowest BCUT2D eigenvalue weighted by atomic mass is 9.82. The van der Waals surface area contributed by atoms with Crippen LogP contribution in [0.4, 0.5) is 0 Å². The number of benzene rings is 3. The molecule has 5 nitrogen and oxygen atoms in total. The molecule has 0 aromatic heterocycles. The molecule has 0 atom stereocenters. The Morgan fingerprint density at radius 2 is 1.48 bits per heavy atom. The molecule has 1 fully saturated rings. The van der Waals surface area contributed by atoms with Gasteiger partial charge in [0.05, 0.1) is 7.11 Å². The first-order chi connectivity index (χ1) is 16.1. The van der Waals surface area contributed by atoms with E-state index in [4.69, 9.17) is 4.74 Å². The molecule has 1 heterocycles. The van der Waals surface area contributed by atoms with Gasteiger partial charge in [-0.1, -0.05) is 70.5 Å². The van der Waals surface area contributed by atoms with E-state index in [2.05, 4.69) is 31.8 Å². The van der Waals surface area contributed by atoms with E-state index in [0.717, 1.165) is 41.0 Å². The Labute approximate surface area is 202 Å². The van der Waals surface area contributed by atoms with Crippen LogP contribution in [0.2, 0.25) is 0 Å². The minimum absolute atomic E-state index is 0.126. The highest BCUT2D eigenvalue weighted by molar-refractivity contribution is 9.10. The molecule has 1 aliphatic carbocycles. The van der Waals surface area contributed by atoms with Crippen molar-refractivity contribution in [3.05, 3.63) is 99.5 Å². The topological polar surface area (TPSA) is 49.9 Å². The highest BCUT2D eigenvalue weighted by atomic mass is 79.9. The van der Waals surface area contributed by atoms with E-state index in [9.17, 15) is 9.59 Å². The fourth-order valence-electron chi connectivity index (χ4n) is 5.13. The summed E-state index contributed by atoms with van der Waals surface area (Å²) in [5.74, 6) is 0.626. The molecule has 6 heteroatoms. The summed E-state index contributed by atoms with van der Waals surface area (Å²) in [6.07, 6.45) is 0. The second kappa shape index (κ2) is 8.86. The van der Waals surface area contributed by atoms with Crippen molar-refractivity contribution in [1.29, 1.82) is 0 Å². The smallest absolute Gasteiger partial charge is 0.196 e. The predicted molar refractivity (Wildman–Crippen MR) is 131 cm³/mol. The number of Topliss-reactive ketones (excluding diaryl/α,β-unsaturated/α-hetero) is 2. The van der Waals surface area contributed by atoms with E-state index in [1.165, 1.54) is 0 Å². The highest BCUT2D eigenvalue weighted by Crippen LogP contribution is 2.43. The van der Waals surface area contributed by atoms with Crippen LogP contribution in [0.15, 0.2) is 77.3 Å². The van der Waals surface area contributed by atoms with Gasteiger partial charge in [0.2, 0.25) is 0 Å². The third kappa shape index (κ3) is 3.62. The molecule has 1 aliphatic heterocycles. The summed E-state index contributed by atoms with van der Waals surface area (Å²) in [7, 11) is 1.69. The molecular weight excluding hydrogens is 480 g/mol. The molecule has 0 bridgehead atoms. The Hall–Kier alpha value is -2.80. The lowest BCUT2D eigenvalue weighted by Crippen LogP contribution is -2.60. The number of ketones is 2. The van der Waals surface area contributed by atoms with Gasteiger partial charge in [0.25, 0.3) is 0 Å². The SMILES string of the molecule is COc1ccccc1CN1CCN(C2(c3cccc(Br)c3)C(=O)c3ccccc3C2=O)CC1. The maximum atomic E-state index is 13.9. The second-order valence-electron chi connectivity index (χ2n) is 8.50. The van der Waals surface area contributed by atoms with Crippen LogP contribution in [-0.4, -0.2) is 54.7 Å². The van der Waals surface area contributed by atoms with E-state index in [-0.39, 0.29) is 11.6 Å². The van der Waals surface area contributed by atoms with Gasteiger partial charge in [0, 0.05) is 53.9 Å². The average Bonchev–Trinajstić information content (AvgIpc) is 3.08. The minimum Gasteiger partial charge on any atom is -0.496 e. The van der Waals surface area contributed by atoms with Crippen LogP contribution < -0.4 is 4.74 Å². The van der Waals surface area contributed by atoms with Gasteiger partial charge in [-0.25, -0.2) is 0 Å². The number of hydrogen-bond donors (Lipinski definition) is 0. The molecule has 1 saturated heterocycles. The lowest BCUT2D eigenvalue weighted by Gasteiger charge is -2.44. The fourth-order valence-corrected chi connectivity index (χ4v) is 5.53. The zero-order valence-electron chi connectivity index (χ0n) is 18.5. The van der Waals surface area contributed by atoms with E-state index in [1.54, 1.807) is 19.2 Å². The third-order valence-electron chi connectivity index (χ3n) is 6.75. The molecule has 0 saturated carbocycles. The van der Waals surface area contributed by atoms with E-state index >= 15 is 0 Å². The number of rotatable bonds is 5. The Kier molecular flexibility index (Phi) is 5.91. The van der Waals surface area contributed by atoms with Gasteiger partial charge in [0.15, 0.2) is 17.1 Å². The highest BCUT2D eigenvalue weighted by Gasteiger charge is 2.58. The van der Waals surface area contributed by atoms with Crippen molar-refractivity contribution in [3.63, 3.8) is 0 Å². The average molecular weight is 505 g/mol. The zero-order valence-corrected chi connectivity index (χ0v) is 20.0. The summed E-state index contributed by atoms with van der Waals surface area (Å²) in [5, 5.41) is 0. The molecule has 33 heavy (non-hydrogen) atoms. The van der Waals surface area contributed by atoms with Crippen molar-refractivity contribution >= 4 is 27.5 Å². The summed E-state index contributed by atoms with van der Waals surface area (Å²) >= 11 is 3.53. The summed E-state index contributed by atoms with van der Waals surface area (Å²) in [5.41, 5.74) is 1.57. The summed E-state index contributed by atoms with van der Waals surface area (Å²) < 4.78 is 6.36. The quantitative estimate of drug-likeness (QED) is 0.477. The summed E-state index contributed by atoms with van der Waals surface area (Å²) in [6, 6.07) is 22.8. The van der Waals surface area contributed by atoms with Gasteiger partial charge in [-0.3, -0.25) is 19.4 Å². The zero-order chi connectivity index (χ0) is 23.0. The van der Waals surface area contributed by atoms with Crippen LogP contribution in [-0.2, 0) is 12.1 Å². The van der Waals surface area contributed by atoms with Crippen LogP contribution in [0.5, 0.6) is 5.75 Å². The first-order valence-electron chi connectivity index (χ1n) is 11.1. The Bertz CT molecular complexity index is 1180. The standard InChI is InChI=1S/C27H25BrN2O3/c1-33-24-12-5-2-7-19(24)18-29-13-15-30(16-14-29)27(20-8-6-9-21(28)17-20)25(31)22-10-3-4-11-23(22)26(27)32/h2-12,17H,13-16,18H2,1H3. The summed E-state index contributed by atoms with van der Waals surface area (Å²) in [6.45, 7) is 3.51. The number of hydrogen-bond acceptors (Lipinski definition) is 5. The number of carbonyl (C=O) groups excluding carboxylic acids is 2. The number of piperazine rings is 1. The Morgan fingerprint density at radius 3 is 2.12 bits per heavy atom. The van der Waals surface area contributed by atoms with Crippen LogP contribution in [0.3, 0.4) is 0 Å². The van der Waals surface area contributed by atoms with Crippen LogP contribution in [0, 0.1) is 0 Å². The first-order valence-corrected chi connectivity index (χ1v) is 11.9. The number of para-hydroxylation sites is 1. The summed E-state index contributed by atoms with van der Waals surface area (Å²) in [4.78, 5) is 32.2. The Morgan fingerprint density at radius 1 is 0.848 bits per heavy atom. The molecule has 0 spiro atoms. The van der Waals surface area contributed by atoms with Crippen molar-refractivity contribution in [3.8, 4) is 5.75 Å². The van der Waals surface area contributed by atoms with Gasteiger partial charge in [-0.05, 0) is 23.8 Å². The lowest BCUT2D eigenvalue weighted by molar-refractivity contribution is 0.0278. The maximum absolute atomic E-state index is 13.9. The molecule has 0 amide bonds. The number of carbonyl (C=O) groups is 2. The van der Waals surface area contributed by atoms with Crippen molar-refractivity contribution in [2.45, 2.75) is 12.1 Å². The number of halogens is 1. The van der Waals surface area contributed by atoms with Gasteiger partial charge in [0.1, 0.15) is 5.75 Å². The minimum atomic E-state index is -1.32. The van der Waals surface area contributed by atoms with Crippen molar-refractivity contribution in [2.75, 3.05) is 33.3 Å². The molecular formula is C27H25BrN2O3. The van der Waals surface area contributed by atoms with Gasteiger partial charge >= 0.3 is 0 Å². The van der Waals surface area contributed by atoms with Crippen LogP contribution in [0.25, 0.3) is 0 Å². The second-order valence-corrected chi connectivity index (χ2v) is 9.42. The predicted octanol–water partition coefficient (Wildman–Crippen LogP) is 4.55. The van der Waals surface area contributed by atoms with E-state index < -0.39 is 5.54 Å². The van der Waals surface area contributed by atoms with E-state index in [0.29, 0.717) is 24.2 Å². The van der Waals surface area contributed by atoms with Gasteiger partial charge in [-0.2, -0.15) is 0 Å². The van der Waals surface area contributed by atoms with Crippen molar-refractivity contribution in [2.24, 2.45) is 0 Å². The maximum Gasteiger partial charge on any atom is 0.196 e. The monoisotopic (exact) mass is 504 g/mol. The molecule has 0 N–H and O–H groups in total. The molecule has 0 radical (unpaired) electrons. The van der Waals surface area contributed by atoms with Crippen LogP contribution in [0.1, 0.15) is 31.8 Å². The number of methoxy groups -OCH3 is 1. The molecule has 2 aliphatic rings. The number of fused-ring (bicyclic) bond motifs is 1. The van der Waals surface area contributed by atoms with Crippen LogP contribution >= 0.6 is 15.9 Å². The fraction of sp³-hybridized carbons (Fsp3) is 0.259. The van der Waals surface area contributed by atoms with Crippen molar-refractivity contribution in [1.82, 2.24) is 9.80 Å². The normalized spacial score (nSPS) is 18.4. The number of nitrogens with zero attached hydrogens (tertiary/aromatic N) is 2. The molecule has 3 aromatic rings. The van der Waals surface area contributed by atoms with E-state index in [1.807, 2.05) is 54.6 Å². The van der Waals surface area contributed by atoms with Gasteiger partial charge < -0.3 is 4.74 Å². The molecule has 5 rings (SSSR count). The third-order valence-corrected chi connectivity index (χ3v) is 7.24. The first kappa shape index (κ1) is 22.0. The Balaban J connectivity index is 1.46.